The van der Waals surface area contributed by atoms with E-state index in [1.165, 1.54) is 0 Å². The lowest BCUT2D eigenvalue weighted by Crippen LogP contribution is -2.37. The van der Waals surface area contributed by atoms with Crippen LogP contribution in [0.4, 0.5) is 4.79 Å². The number of fused-ring (bicyclic) bond motifs is 1. The predicted molar refractivity (Wildman–Crippen MR) is 80.7 cm³/mol. The zero-order valence-corrected chi connectivity index (χ0v) is 13.2. The van der Waals surface area contributed by atoms with Crippen LogP contribution in [0.15, 0.2) is 30.3 Å². The highest BCUT2D eigenvalue weighted by molar-refractivity contribution is 6.70. The number of carbonyl (C=O) groups is 1. The maximum atomic E-state index is 12.4. The van der Waals surface area contributed by atoms with E-state index in [0.717, 1.165) is 16.2 Å². The molecule has 1 aromatic carbocycles. The molecule has 19 heavy (non-hydrogen) atoms. The molecule has 1 heterocycles. The van der Waals surface area contributed by atoms with Crippen LogP contribution in [0.25, 0.3) is 10.9 Å². The monoisotopic (exact) mass is 274 g/mol. The first-order valence-corrected chi connectivity index (χ1v) is 8.94. The molecule has 0 fully saturated rings. The van der Waals surface area contributed by atoms with E-state index in [0.29, 0.717) is 0 Å². The van der Waals surface area contributed by atoms with Gasteiger partial charge in [0, 0.05) is 10.7 Å². The van der Waals surface area contributed by atoms with Crippen molar-refractivity contribution in [2.24, 2.45) is 0 Å². The second-order valence-electron chi connectivity index (χ2n) is 5.90. The van der Waals surface area contributed by atoms with Crippen molar-refractivity contribution in [3.63, 3.8) is 0 Å². The topological polar surface area (TPSA) is 31.2 Å². The fourth-order valence-electron chi connectivity index (χ4n) is 2.03. The fraction of sp³-hybridized carbons (Fsp3) is 0.400. The highest BCUT2D eigenvalue weighted by Gasteiger charge is 2.23. The largest absolute Gasteiger partial charge is 0.443 e. The lowest BCUT2D eigenvalue weighted by Gasteiger charge is -2.21. The summed E-state index contributed by atoms with van der Waals surface area (Å²) in [5.41, 5.74) is 0.451. The first kappa shape index (κ1) is 13.9. The molecule has 1 aromatic heterocycles. The third kappa shape index (κ3) is 2.89. The molecule has 0 saturated heterocycles. The molecule has 0 saturated carbocycles. The van der Waals surface area contributed by atoms with E-state index < -0.39 is 14.4 Å². The van der Waals surface area contributed by atoms with E-state index >= 15 is 0 Å². The predicted octanol–water partition coefficient (Wildman–Crippen LogP) is 3.39. The summed E-state index contributed by atoms with van der Waals surface area (Å²) < 4.78 is 7.25. The molecular weight excluding hydrogens is 254 g/mol. The number of para-hydroxylation sites is 1. The third-order valence-electron chi connectivity index (χ3n) is 2.80. The van der Waals surface area contributed by atoms with Crippen molar-refractivity contribution in [2.75, 3.05) is 0 Å². The maximum absolute atomic E-state index is 12.4. The van der Waals surface area contributed by atoms with Gasteiger partial charge < -0.3 is 4.74 Å². The summed E-state index contributed by atoms with van der Waals surface area (Å²) in [5, 5.41) is 2.18. The van der Waals surface area contributed by atoms with Gasteiger partial charge in [-0.15, -0.1) is 0 Å². The molecule has 0 N–H and O–H groups in total. The van der Waals surface area contributed by atoms with Crippen molar-refractivity contribution < 1.29 is 9.53 Å². The van der Waals surface area contributed by atoms with Crippen LogP contribution in [0.3, 0.4) is 0 Å². The standard InChI is InChI=1S/C15H20NO2Si/c1-15(2,3)18-14(17)16-12-9-7-6-8-11(12)10-13(16)19(4)5/h6-10H,1-5H3. The number of benzene rings is 1. The minimum absolute atomic E-state index is 0.282. The molecular formula is C15H20NO2Si. The third-order valence-corrected chi connectivity index (χ3v) is 4.19. The van der Waals surface area contributed by atoms with Crippen LogP contribution in [0, 0.1) is 0 Å². The van der Waals surface area contributed by atoms with Crippen molar-refractivity contribution in [1.82, 2.24) is 4.57 Å². The molecule has 0 atom stereocenters. The molecule has 0 aliphatic rings. The summed E-state index contributed by atoms with van der Waals surface area (Å²) in [6, 6.07) is 10.0. The van der Waals surface area contributed by atoms with Gasteiger partial charge in [-0.05, 0) is 32.9 Å². The Morgan fingerprint density at radius 1 is 1.21 bits per heavy atom. The van der Waals surface area contributed by atoms with Crippen LogP contribution < -0.4 is 5.32 Å². The molecule has 1 radical (unpaired) electrons. The van der Waals surface area contributed by atoms with E-state index in [1.807, 2.05) is 45.0 Å². The average molecular weight is 274 g/mol. The molecule has 2 aromatic rings. The van der Waals surface area contributed by atoms with E-state index in [-0.39, 0.29) is 6.09 Å². The Balaban J connectivity index is 2.56. The van der Waals surface area contributed by atoms with Crippen LogP contribution in [0.5, 0.6) is 0 Å². The quantitative estimate of drug-likeness (QED) is 0.746. The van der Waals surface area contributed by atoms with Gasteiger partial charge in [-0.2, -0.15) is 0 Å². The molecule has 0 unspecified atom stereocenters. The van der Waals surface area contributed by atoms with Crippen LogP contribution >= 0.6 is 0 Å². The molecule has 0 spiro atoms. The van der Waals surface area contributed by atoms with Gasteiger partial charge >= 0.3 is 6.09 Å². The van der Waals surface area contributed by atoms with Crippen molar-refractivity contribution in [2.45, 2.75) is 39.5 Å². The van der Waals surface area contributed by atoms with Crippen molar-refractivity contribution >= 4 is 31.1 Å². The summed E-state index contributed by atoms with van der Waals surface area (Å²) >= 11 is 0. The Morgan fingerprint density at radius 3 is 2.42 bits per heavy atom. The lowest BCUT2D eigenvalue weighted by atomic mass is 10.2. The fourth-order valence-corrected chi connectivity index (χ4v) is 3.13. The van der Waals surface area contributed by atoms with Gasteiger partial charge in [0.2, 0.25) is 0 Å². The SMILES string of the molecule is C[Si](C)c1cc2ccccc2n1C(=O)OC(C)(C)C. The molecule has 0 aliphatic heterocycles. The van der Waals surface area contributed by atoms with Gasteiger partial charge in [0.1, 0.15) is 14.4 Å². The number of hydrogen-bond acceptors (Lipinski definition) is 2. The van der Waals surface area contributed by atoms with Gasteiger partial charge in [-0.25, -0.2) is 4.79 Å². The van der Waals surface area contributed by atoms with Crippen LogP contribution in [0.1, 0.15) is 20.8 Å². The summed E-state index contributed by atoms with van der Waals surface area (Å²) in [6.07, 6.45) is -0.282. The lowest BCUT2D eigenvalue weighted by molar-refractivity contribution is 0.0549. The van der Waals surface area contributed by atoms with E-state index in [1.54, 1.807) is 4.57 Å². The second kappa shape index (κ2) is 4.85. The Kier molecular flexibility index (Phi) is 3.54. The van der Waals surface area contributed by atoms with Crippen LogP contribution in [-0.4, -0.2) is 25.1 Å². The number of carbonyl (C=O) groups excluding carboxylic acids is 1. The summed E-state index contributed by atoms with van der Waals surface area (Å²) in [6.45, 7) is 10.0. The number of ether oxygens (including phenoxy) is 1. The molecule has 0 amide bonds. The highest BCUT2D eigenvalue weighted by atomic mass is 28.3. The molecule has 101 valence electrons. The zero-order valence-electron chi connectivity index (χ0n) is 12.2. The van der Waals surface area contributed by atoms with Gasteiger partial charge in [-0.3, -0.25) is 4.57 Å². The van der Waals surface area contributed by atoms with E-state index in [4.69, 9.17) is 4.74 Å². The molecule has 3 nitrogen and oxygen atoms in total. The molecule has 0 aliphatic carbocycles. The van der Waals surface area contributed by atoms with Gasteiger partial charge in [0.25, 0.3) is 0 Å². The summed E-state index contributed by atoms with van der Waals surface area (Å²) in [7, 11) is -0.740. The van der Waals surface area contributed by atoms with Crippen LogP contribution in [-0.2, 0) is 4.74 Å². The minimum atomic E-state index is -0.740. The van der Waals surface area contributed by atoms with Gasteiger partial charge in [-0.1, -0.05) is 31.3 Å². The van der Waals surface area contributed by atoms with Gasteiger partial charge in [0.15, 0.2) is 0 Å². The zero-order chi connectivity index (χ0) is 14.2. The Bertz CT molecular complexity index is 608. The number of hydrogen-bond donors (Lipinski definition) is 0. The molecule has 0 bridgehead atoms. The van der Waals surface area contributed by atoms with Crippen molar-refractivity contribution in [3.05, 3.63) is 30.3 Å². The summed E-state index contributed by atoms with van der Waals surface area (Å²) in [5.74, 6) is 0. The Hall–Kier alpha value is -1.55. The molecule has 4 heteroatoms. The number of nitrogens with zero attached hydrogens (tertiary/aromatic N) is 1. The van der Waals surface area contributed by atoms with E-state index in [9.17, 15) is 4.79 Å². The smallest absolute Gasteiger partial charge is 0.418 e. The number of rotatable bonds is 1. The van der Waals surface area contributed by atoms with Crippen molar-refractivity contribution in [1.29, 1.82) is 0 Å². The first-order chi connectivity index (χ1) is 8.79. The number of aromatic nitrogens is 1. The van der Waals surface area contributed by atoms with Gasteiger partial charge in [0.05, 0.1) is 5.52 Å². The second-order valence-corrected chi connectivity index (χ2v) is 8.42. The summed E-state index contributed by atoms with van der Waals surface area (Å²) in [4.78, 5) is 12.4. The van der Waals surface area contributed by atoms with Crippen LogP contribution in [0.2, 0.25) is 13.1 Å². The normalized spacial score (nSPS) is 12.1. The average Bonchev–Trinajstić information content (AvgIpc) is 2.65. The Labute approximate surface area is 115 Å². The highest BCUT2D eigenvalue weighted by Crippen LogP contribution is 2.17. The Morgan fingerprint density at radius 2 is 1.84 bits per heavy atom. The maximum Gasteiger partial charge on any atom is 0.418 e. The molecule has 2 rings (SSSR count). The first-order valence-electron chi connectivity index (χ1n) is 6.44. The van der Waals surface area contributed by atoms with E-state index in [2.05, 4.69) is 19.2 Å². The van der Waals surface area contributed by atoms with Crippen molar-refractivity contribution in [3.8, 4) is 0 Å². The minimum Gasteiger partial charge on any atom is -0.443 e.